The lowest BCUT2D eigenvalue weighted by Gasteiger charge is -2.37. The lowest BCUT2D eigenvalue weighted by atomic mass is 10.2. The Morgan fingerprint density at radius 3 is 2.67 bits per heavy atom. The zero-order valence-corrected chi connectivity index (χ0v) is 14.1. The van der Waals surface area contributed by atoms with Gasteiger partial charge in [-0.05, 0) is 25.1 Å². The summed E-state index contributed by atoms with van der Waals surface area (Å²) in [5.74, 6) is 0.0959. The molecule has 0 N–H and O–H groups in total. The third-order valence-electron chi connectivity index (χ3n) is 4.34. The van der Waals surface area contributed by atoms with Crippen LogP contribution in [0.25, 0.3) is 0 Å². The molecule has 0 saturated carbocycles. The zero-order valence-electron chi connectivity index (χ0n) is 13.4. The van der Waals surface area contributed by atoms with Gasteiger partial charge in [-0.3, -0.25) is 4.79 Å². The number of nitriles is 1. The molecular weight excluding hydrogens is 326 g/mol. The molecule has 1 aliphatic rings. The molecule has 7 heteroatoms. The van der Waals surface area contributed by atoms with Crippen LogP contribution in [0.4, 0.5) is 5.69 Å². The van der Waals surface area contributed by atoms with E-state index in [0.29, 0.717) is 36.8 Å². The van der Waals surface area contributed by atoms with Crippen LogP contribution in [-0.4, -0.2) is 46.5 Å². The van der Waals surface area contributed by atoms with E-state index in [4.69, 9.17) is 16.9 Å². The molecule has 1 aliphatic heterocycles. The molecule has 3 rings (SSSR count). The molecule has 124 valence electrons. The van der Waals surface area contributed by atoms with E-state index in [1.165, 1.54) is 0 Å². The maximum Gasteiger partial charge on any atom is 0.245 e. The number of nitrogens with zero attached hydrogens (tertiary/aromatic N) is 5. The van der Waals surface area contributed by atoms with Gasteiger partial charge in [-0.1, -0.05) is 11.6 Å². The van der Waals surface area contributed by atoms with Crippen LogP contribution in [-0.2, 0) is 4.79 Å². The van der Waals surface area contributed by atoms with Gasteiger partial charge in [0.2, 0.25) is 5.91 Å². The minimum atomic E-state index is -0.252. The van der Waals surface area contributed by atoms with Crippen LogP contribution in [0.2, 0.25) is 5.02 Å². The largest absolute Gasteiger partial charge is 0.367 e. The Morgan fingerprint density at radius 2 is 2.08 bits per heavy atom. The van der Waals surface area contributed by atoms with Gasteiger partial charge < -0.3 is 14.4 Å². The van der Waals surface area contributed by atoms with E-state index in [1.54, 1.807) is 30.9 Å². The Bertz CT molecular complexity index is 760. The highest BCUT2D eigenvalue weighted by Crippen LogP contribution is 2.28. The Kier molecular flexibility index (Phi) is 4.72. The van der Waals surface area contributed by atoms with Crippen LogP contribution >= 0.6 is 11.6 Å². The molecule has 0 spiro atoms. The first-order valence-corrected chi connectivity index (χ1v) is 8.19. The summed E-state index contributed by atoms with van der Waals surface area (Å²) in [6.45, 7) is 4.61. The third kappa shape index (κ3) is 3.22. The number of aromatic nitrogens is 2. The van der Waals surface area contributed by atoms with Crippen molar-refractivity contribution in [2.45, 2.75) is 13.0 Å². The highest BCUT2D eigenvalue weighted by molar-refractivity contribution is 6.33. The van der Waals surface area contributed by atoms with Crippen molar-refractivity contribution in [2.75, 3.05) is 31.1 Å². The summed E-state index contributed by atoms with van der Waals surface area (Å²) in [4.78, 5) is 20.6. The molecule has 2 heterocycles. The Labute approximate surface area is 145 Å². The number of benzene rings is 1. The van der Waals surface area contributed by atoms with E-state index in [1.807, 2.05) is 22.5 Å². The molecule has 24 heavy (non-hydrogen) atoms. The number of carbonyl (C=O) groups excluding carboxylic acids is 1. The lowest BCUT2D eigenvalue weighted by Crippen LogP contribution is -2.50. The van der Waals surface area contributed by atoms with Gasteiger partial charge >= 0.3 is 0 Å². The van der Waals surface area contributed by atoms with Crippen LogP contribution in [0.15, 0.2) is 36.9 Å². The van der Waals surface area contributed by atoms with Crippen LogP contribution in [0.1, 0.15) is 18.5 Å². The maximum absolute atomic E-state index is 12.6. The van der Waals surface area contributed by atoms with Crippen LogP contribution in [0.3, 0.4) is 0 Å². The second-order valence-corrected chi connectivity index (χ2v) is 6.18. The summed E-state index contributed by atoms with van der Waals surface area (Å²) in [5, 5.41) is 9.49. The highest BCUT2D eigenvalue weighted by Gasteiger charge is 2.26. The summed E-state index contributed by atoms with van der Waals surface area (Å²) in [6.07, 6.45) is 5.14. The third-order valence-corrected chi connectivity index (χ3v) is 4.64. The molecule has 1 aromatic heterocycles. The normalized spacial score (nSPS) is 15.9. The van der Waals surface area contributed by atoms with Gasteiger partial charge in [0.25, 0.3) is 0 Å². The number of hydrogen-bond donors (Lipinski definition) is 0. The monoisotopic (exact) mass is 343 g/mol. The SMILES string of the molecule is CC(C(=O)N1CCN(c2ccc(C#N)cc2Cl)CC1)n1ccnc1. The van der Waals surface area contributed by atoms with Crippen LogP contribution in [0, 0.1) is 11.3 Å². The quantitative estimate of drug-likeness (QED) is 0.857. The molecule has 1 saturated heterocycles. The van der Waals surface area contributed by atoms with Gasteiger partial charge in [0, 0.05) is 38.6 Å². The molecule has 1 amide bonds. The van der Waals surface area contributed by atoms with Crippen LogP contribution in [0.5, 0.6) is 0 Å². The van der Waals surface area contributed by atoms with Crippen molar-refractivity contribution in [2.24, 2.45) is 0 Å². The fraction of sp³-hybridized carbons (Fsp3) is 0.353. The van der Waals surface area contributed by atoms with E-state index in [0.717, 1.165) is 5.69 Å². The summed E-state index contributed by atoms with van der Waals surface area (Å²) < 4.78 is 1.81. The number of hydrogen-bond acceptors (Lipinski definition) is 4. The van der Waals surface area contributed by atoms with E-state index < -0.39 is 0 Å². The van der Waals surface area contributed by atoms with Crippen molar-refractivity contribution in [3.8, 4) is 6.07 Å². The zero-order chi connectivity index (χ0) is 17.1. The van der Waals surface area contributed by atoms with Gasteiger partial charge in [-0.15, -0.1) is 0 Å². The molecule has 1 fully saturated rings. The summed E-state index contributed by atoms with van der Waals surface area (Å²) in [6, 6.07) is 7.14. The fourth-order valence-electron chi connectivity index (χ4n) is 2.89. The smallest absolute Gasteiger partial charge is 0.245 e. The fourth-order valence-corrected chi connectivity index (χ4v) is 3.19. The Balaban J connectivity index is 1.64. The van der Waals surface area contributed by atoms with Crippen molar-refractivity contribution in [1.29, 1.82) is 5.26 Å². The molecular formula is C17H18ClN5O. The minimum Gasteiger partial charge on any atom is -0.367 e. The number of imidazole rings is 1. The minimum absolute atomic E-state index is 0.0959. The lowest BCUT2D eigenvalue weighted by molar-refractivity contribution is -0.134. The van der Waals surface area contributed by atoms with Crippen molar-refractivity contribution < 1.29 is 4.79 Å². The van der Waals surface area contributed by atoms with E-state index in [9.17, 15) is 4.79 Å². The van der Waals surface area contributed by atoms with E-state index in [2.05, 4.69) is 16.0 Å². The number of carbonyl (C=O) groups is 1. The molecule has 1 atom stereocenters. The second-order valence-electron chi connectivity index (χ2n) is 5.78. The number of anilines is 1. The number of rotatable bonds is 3. The highest BCUT2D eigenvalue weighted by atomic mass is 35.5. The van der Waals surface area contributed by atoms with Gasteiger partial charge in [0.15, 0.2) is 0 Å². The molecule has 2 aromatic rings. The molecule has 0 bridgehead atoms. The average Bonchev–Trinajstić information content (AvgIpc) is 3.15. The second kappa shape index (κ2) is 6.93. The van der Waals surface area contributed by atoms with E-state index in [-0.39, 0.29) is 11.9 Å². The number of halogens is 1. The predicted octanol–water partition coefficient (Wildman–Crippen LogP) is 2.32. The van der Waals surface area contributed by atoms with Gasteiger partial charge in [-0.2, -0.15) is 5.26 Å². The summed E-state index contributed by atoms with van der Waals surface area (Å²) in [5.41, 5.74) is 1.46. The molecule has 6 nitrogen and oxygen atoms in total. The predicted molar refractivity (Wildman–Crippen MR) is 91.9 cm³/mol. The Hall–Kier alpha value is -2.52. The Morgan fingerprint density at radius 1 is 1.33 bits per heavy atom. The van der Waals surface area contributed by atoms with Crippen molar-refractivity contribution >= 4 is 23.2 Å². The van der Waals surface area contributed by atoms with Crippen molar-refractivity contribution in [3.63, 3.8) is 0 Å². The first kappa shape index (κ1) is 16.3. The summed E-state index contributed by atoms with van der Waals surface area (Å²) in [7, 11) is 0. The standard InChI is InChI=1S/C17H18ClN5O/c1-13(23-5-4-20-12-23)17(24)22-8-6-21(7-9-22)16-3-2-14(11-19)10-15(16)18/h2-5,10,12-13H,6-9H2,1H3. The molecule has 0 aliphatic carbocycles. The molecule has 0 radical (unpaired) electrons. The molecule has 1 unspecified atom stereocenters. The van der Waals surface area contributed by atoms with Crippen molar-refractivity contribution in [1.82, 2.24) is 14.5 Å². The summed E-state index contributed by atoms with van der Waals surface area (Å²) >= 11 is 6.27. The van der Waals surface area contributed by atoms with Gasteiger partial charge in [-0.25, -0.2) is 4.98 Å². The maximum atomic E-state index is 12.6. The average molecular weight is 344 g/mol. The topological polar surface area (TPSA) is 65.2 Å². The first-order chi connectivity index (χ1) is 11.6. The van der Waals surface area contributed by atoms with Gasteiger partial charge in [0.05, 0.1) is 28.7 Å². The van der Waals surface area contributed by atoms with Gasteiger partial charge in [0.1, 0.15) is 6.04 Å². The van der Waals surface area contributed by atoms with Crippen molar-refractivity contribution in [3.05, 3.63) is 47.5 Å². The van der Waals surface area contributed by atoms with E-state index >= 15 is 0 Å². The molecule has 1 aromatic carbocycles. The first-order valence-electron chi connectivity index (χ1n) is 7.81. The number of piperazine rings is 1. The number of amides is 1. The van der Waals surface area contributed by atoms with Crippen LogP contribution < -0.4 is 4.90 Å².